The van der Waals surface area contributed by atoms with E-state index >= 15 is 0 Å². The molecule has 0 aromatic heterocycles. The number of likely N-dealkylation sites (tertiary alicyclic amines) is 1. The van der Waals surface area contributed by atoms with E-state index in [2.05, 4.69) is 18.7 Å². The van der Waals surface area contributed by atoms with Gasteiger partial charge >= 0.3 is 0 Å². The molecule has 2 fully saturated rings. The van der Waals surface area contributed by atoms with Crippen molar-refractivity contribution in [2.75, 3.05) is 26.7 Å². The number of hydrogen-bond acceptors (Lipinski definition) is 4. The predicted molar refractivity (Wildman–Crippen MR) is 63.4 cm³/mol. The van der Waals surface area contributed by atoms with E-state index in [9.17, 15) is 0 Å². The van der Waals surface area contributed by atoms with Crippen LogP contribution in [0.15, 0.2) is 0 Å². The topological polar surface area (TPSA) is 47.7 Å². The molecule has 2 bridgehead atoms. The Balaban J connectivity index is 2.09. The fraction of sp³-hybridized carbons (Fsp3) is 1.00. The van der Waals surface area contributed by atoms with Crippen molar-refractivity contribution in [3.63, 3.8) is 0 Å². The number of nitrogens with zero attached hydrogens (tertiary/aromatic N) is 1. The quantitative estimate of drug-likeness (QED) is 0.765. The average molecular weight is 228 g/mol. The molecule has 4 unspecified atom stereocenters. The number of hydrogen-bond donors (Lipinski definition) is 1. The SMILES string of the molecule is COC(C)C(C)(CN)N1CC2CCC(C1)O2. The molecule has 4 nitrogen and oxygen atoms in total. The zero-order valence-corrected chi connectivity index (χ0v) is 10.6. The van der Waals surface area contributed by atoms with Crippen LogP contribution < -0.4 is 5.73 Å². The lowest BCUT2D eigenvalue weighted by Crippen LogP contribution is -2.63. The lowest BCUT2D eigenvalue weighted by atomic mass is 9.92. The van der Waals surface area contributed by atoms with Crippen LogP contribution in [0.4, 0.5) is 0 Å². The van der Waals surface area contributed by atoms with Crippen molar-refractivity contribution in [3.05, 3.63) is 0 Å². The third-order valence-electron chi connectivity index (χ3n) is 4.41. The molecule has 0 radical (unpaired) electrons. The van der Waals surface area contributed by atoms with Crippen molar-refractivity contribution >= 4 is 0 Å². The summed E-state index contributed by atoms with van der Waals surface area (Å²) in [6.45, 7) is 6.92. The van der Waals surface area contributed by atoms with Gasteiger partial charge < -0.3 is 15.2 Å². The van der Waals surface area contributed by atoms with Crippen LogP contribution in [0.3, 0.4) is 0 Å². The normalized spacial score (nSPS) is 36.0. The van der Waals surface area contributed by atoms with Crippen LogP contribution in [-0.2, 0) is 9.47 Å². The molecule has 0 aromatic carbocycles. The summed E-state index contributed by atoms with van der Waals surface area (Å²) >= 11 is 0. The van der Waals surface area contributed by atoms with Crippen LogP contribution in [0, 0.1) is 0 Å². The highest BCUT2D eigenvalue weighted by Gasteiger charge is 2.43. The lowest BCUT2D eigenvalue weighted by Gasteiger charge is -2.47. The van der Waals surface area contributed by atoms with Gasteiger partial charge in [-0.3, -0.25) is 4.90 Å². The minimum absolute atomic E-state index is 0.0701. The van der Waals surface area contributed by atoms with Gasteiger partial charge in [-0.05, 0) is 26.7 Å². The third-order valence-corrected chi connectivity index (χ3v) is 4.41. The second kappa shape index (κ2) is 4.61. The molecule has 0 aliphatic carbocycles. The standard InChI is InChI=1S/C12H24N2O2/c1-9(15-3)12(2,8-13)14-6-10-4-5-11(7-14)16-10/h9-11H,4-8,13H2,1-3H3. The summed E-state index contributed by atoms with van der Waals surface area (Å²) in [6.07, 6.45) is 3.36. The molecule has 4 heteroatoms. The van der Waals surface area contributed by atoms with Crippen molar-refractivity contribution < 1.29 is 9.47 Å². The van der Waals surface area contributed by atoms with Gasteiger partial charge in [0.05, 0.1) is 23.9 Å². The molecular formula is C12H24N2O2. The smallest absolute Gasteiger partial charge is 0.0736 e. The van der Waals surface area contributed by atoms with Crippen molar-refractivity contribution in [1.82, 2.24) is 4.90 Å². The molecule has 0 aromatic rings. The summed E-state index contributed by atoms with van der Waals surface area (Å²) in [6, 6.07) is 0. The number of rotatable bonds is 4. The number of ether oxygens (including phenoxy) is 2. The van der Waals surface area contributed by atoms with E-state index in [4.69, 9.17) is 15.2 Å². The minimum atomic E-state index is -0.0701. The van der Waals surface area contributed by atoms with Gasteiger partial charge in [-0.1, -0.05) is 0 Å². The molecule has 2 heterocycles. The Bertz CT molecular complexity index is 237. The zero-order chi connectivity index (χ0) is 11.8. The molecule has 16 heavy (non-hydrogen) atoms. The Hall–Kier alpha value is -0.160. The second-order valence-electron chi connectivity index (χ2n) is 5.30. The Kier molecular flexibility index (Phi) is 3.54. The molecule has 0 amide bonds. The number of nitrogens with two attached hydrogens (primary N) is 1. The monoisotopic (exact) mass is 228 g/mol. The van der Waals surface area contributed by atoms with E-state index in [1.165, 1.54) is 12.8 Å². The van der Waals surface area contributed by atoms with Crippen LogP contribution >= 0.6 is 0 Å². The highest BCUT2D eigenvalue weighted by atomic mass is 16.5. The highest BCUT2D eigenvalue weighted by Crippen LogP contribution is 2.32. The molecule has 2 aliphatic heterocycles. The maximum Gasteiger partial charge on any atom is 0.0736 e. The predicted octanol–water partition coefficient (Wildman–Crippen LogP) is 0.602. The van der Waals surface area contributed by atoms with Crippen LogP contribution in [-0.4, -0.2) is 55.5 Å². The first-order chi connectivity index (χ1) is 7.60. The van der Waals surface area contributed by atoms with Crippen molar-refractivity contribution in [2.45, 2.75) is 50.5 Å². The highest BCUT2D eigenvalue weighted by molar-refractivity contribution is 4.98. The van der Waals surface area contributed by atoms with E-state index < -0.39 is 0 Å². The average Bonchev–Trinajstić information content (AvgIpc) is 2.65. The van der Waals surface area contributed by atoms with Crippen molar-refractivity contribution in [2.24, 2.45) is 5.73 Å². The van der Waals surface area contributed by atoms with Crippen molar-refractivity contribution in [1.29, 1.82) is 0 Å². The van der Waals surface area contributed by atoms with Crippen LogP contribution in [0.1, 0.15) is 26.7 Å². The van der Waals surface area contributed by atoms with Gasteiger partial charge in [-0.15, -0.1) is 0 Å². The minimum Gasteiger partial charge on any atom is -0.380 e. The van der Waals surface area contributed by atoms with Gasteiger partial charge in [-0.2, -0.15) is 0 Å². The molecule has 0 saturated carbocycles. The summed E-state index contributed by atoms with van der Waals surface area (Å²) in [5.74, 6) is 0. The lowest BCUT2D eigenvalue weighted by molar-refractivity contribution is -0.107. The second-order valence-corrected chi connectivity index (χ2v) is 5.30. The van der Waals surface area contributed by atoms with E-state index in [-0.39, 0.29) is 11.6 Å². The van der Waals surface area contributed by atoms with Gasteiger partial charge in [-0.25, -0.2) is 0 Å². The van der Waals surface area contributed by atoms with E-state index in [1.54, 1.807) is 7.11 Å². The summed E-state index contributed by atoms with van der Waals surface area (Å²) in [4.78, 5) is 2.47. The van der Waals surface area contributed by atoms with E-state index in [0.29, 0.717) is 18.8 Å². The van der Waals surface area contributed by atoms with Gasteiger partial charge in [0.1, 0.15) is 0 Å². The summed E-state index contributed by atoms with van der Waals surface area (Å²) in [7, 11) is 1.76. The summed E-state index contributed by atoms with van der Waals surface area (Å²) in [5, 5.41) is 0. The maximum atomic E-state index is 5.96. The fourth-order valence-electron chi connectivity index (χ4n) is 2.84. The summed E-state index contributed by atoms with van der Waals surface area (Å²) in [5.41, 5.74) is 5.89. The van der Waals surface area contributed by atoms with E-state index in [1.807, 2.05) is 0 Å². The molecular weight excluding hydrogens is 204 g/mol. The van der Waals surface area contributed by atoms with Crippen LogP contribution in [0.25, 0.3) is 0 Å². The number of methoxy groups -OCH3 is 1. The maximum absolute atomic E-state index is 5.96. The Labute approximate surface area is 98.1 Å². The molecule has 2 N–H and O–H groups in total. The molecule has 94 valence electrons. The third kappa shape index (κ3) is 1.99. The molecule has 2 aliphatic rings. The van der Waals surface area contributed by atoms with Crippen LogP contribution in [0.5, 0.6) is 0 Å². The molecule has 4 atom stereocenters. The van der Waals surface area contributed by atoms with Gasteiger partial charge in [0.15, 0.2) is 0 Å². The molecule has 0 spiro atoms. The number of morpholine rings is 1. The molecule has 2 rings (SSSR count). The van der Waals surface area contributed by atoms with E-state index in [0.717, 1.165) is 13.1 Å². The van der Waals surface area contributed by atoms with Crippen LogP contribution in [0.2, 0.25) is 0 Å². The first kappa shape index (κ1) is 12.3. The Morgan fingerprint density at radius 1 is 1.44 bits per heavy atom. The zero-order valence-electron chi connectivity index (χ0n) is 10.6. The largest absolute Gasteiger partial charge is 0.380 e. The summed E-state index contributed by atoms with van der Waals surface area (Å²) < 4.78 is 11.3. The first-order valence-corrected chi connectivity index (χ1v) is 6.23. The van der Waals surface area contributed by atoms with Gasteiger partial charge in [0, 0.05) is 26.7 Å². The van der Waals surface area contributed by atoms with Gasteiger partial charge in [0.2, 0.25) is 0 Å². The Morgan fingerprint density at radius 2 is 2.00 bits per heavy atom. The fourth-order valence-corrected chi connectivity index (χ4v) is 2.84. The number of fused-ring (bicyclic) bond motifs is 2. The molecule has 2 saturated heterocycles. The van der Waals surface area contributed by atoms with Gasteiger partial charge in [0.25, 0.3) is 0 Å². The first-order valence-electron chi connectivity index (χ1n) is 6.23. The van der Waals surface area contributed by atoms with Crippen molar-refractivity contribution in [3.8, 4) is 0 Å². The Morgan fingerprint density at radius 3 is 2.44 bits per heavy atom.